The minimum Gasteiger partial charge on any atom is -0.330 e. The van der Waals surface area contributed by atoms with Gasteiger partial charge in [-0.15, -0.1) is 0 Å². The predicted molar refractivity (Wildman–Crippen MR) is 84.5 cm³/mol. The number of nitrogens with two attached hydrogens (primary N) is 1. The second kappa shape index (κ2) is 8.72. The van der Waals surface area contributed by atoms with Gasteiger partial charge in [0.1, 0.15) is 0 Å². The first kappa shape index (κ1) is 16.7. The Morgan fingerprint density at radius 2 is 1.95 bits per heavy atom. The molecule has 1 rings (SSSR count). The smallest absolute Gasteiger partial charge is 0.224 e. The molecule has 0 aliphatic carbocycles. The Hall–Kier alpha value is -1.39. The summed E-state index contributed by atoms with van der Waals surface area (Å²) in [6.07, 6.45) is 0.468. The zero-order valence-corrected chi connectivity index (χ0v) is 12.9. The predicted octanol–water partition coefficient (Wildman–Crippen LogP) is 2.45. The van der Waals surface area contributed by atoms with E-state index in [2.05, 4.69) is 30.1 Å². The van der Waals surface area contributed by atoms with E-state index in [4.69, 9.17) is 5.73 Å². The summed E-state index contributed by atoms with van der Waals surface area (Å²) in [6, 6.07) is 7.99. The maximum atomic E-state index is 12.0. The van der Waals surface area contributed by atoms with Crippen LogP contribution < -0.4 is 11.1 Å². The molecule has 1 unspecified atom stereocenters. The van der Waals surface area contributed by atoms with Gasteiger partial charge in [0, 0.05) is 18.7 Å². The molecule has 112 valence electrons. The number of carbonyl (C=O) groups is 1. The molecule has 4 nitrogen and oxygen atoms in total. The summed E-state index contributed by atoms with van der Waals surface area (Å²) in [5, 5.41) is 3.01. The highest BCUT2D eigenvalue weighted by Gasteiger charge is 2.11. The molecule has 0 fully saturated rings. The number of amides is 1. The summed E-state index contributed by atoms with van der Waals surface area (Å²) in [5.41, 5.74) is 7.63. The van der Waals surface area contributed by atoms with Crippen molar-refractivity contribution >= 4 is 11.6 Å². The third-order valence-corrected chi connectivity index (χ3v) is 3.52. The Labute approximate surface area is 122 Å². The summed E-state index contributed by atoms with van der Waals surface area (Å²) in [4.78, 5) is 14.3. The fourth-order valence-electron chi connectivity index (χ4n) is 2.07. The lowest BCUT2D eigenvalue weighted by Gasteiger charge is -2.20. The number of hydrogen-bond acceptors (Lipinski definition) is 3. The van der Waals surface area contributed by atoms with E-state index in [-0.39, 0.29) is 11.8 Å². The van der Waals surface area contributed by atoms with Gasteiger partial charge in [-0.3, -0.25) is 9.69 Å². The first-order valence-electron chi connectivity index (χ1n) is 7.40. The molecule has 1 aromatic carbocycles. The van der Waals surface area contributed by atoms with Crippen LogP contribution in [0.1, 0.15) is 32.8 Å². The van der Waals surface area contributed by atoms with Crippen LogP contribution in [0.2, 0.25) is 0 Å². The summed E-state index contributed by atoms with van der Waals surface area (Å²) in [7, 11) is 0. The van der Waals surface area contributed by atoms with Crippen LogP contribution >= 0.6 is 0 Å². The normalized spacial score (nSPS) is 12.4. The number of carbonyl (C=O) groups excluding carboxylic acids is 1. The fourth-order valence-corrected chi connectivity index (χ4v) is 2.07. The Morgan fingerprint density at radius 1 is 1.30 bits per heavy atom. The van der Waals surface area contributed by atoms with Crippen molar-refractivity contribution in [3.05, 3.63) is 29.8 Å². The lowest BCUT2D eigenvalue weighted by atomic mass is 10.1. The van der Waals surface area contributed by atoms with Crippen LogP contribution in [0, 0.1) is 5.92 Å². The highest BCUT2D eigenvalue weighted by molar-refractivity contribution is 5.91. The minimum atomic E-state index is 0.0370. The van der Waals surface area contributed by atoms with Gasteiger partial charge in [-0.25, -0.2) is 0 Å². The van der Waals surface area contributed by atoms with E-state index < -0.39 is 0 Å². The molecule has 0 aliphatic heterocycles. The molecule has 1 amide bonds. The van der Waals surface area contributed by atoms with Crippen LogP contribution in [0.3, 0.4) is 0 Å². The van der Waals surface area contributed by atoms with Gasteiger partial charge in [-0.1, -0.05) is 39.0 Å². The molecule has 0 aromatic heterocycles. The highest BCUT2D eigenvalue weighted by Crippen LogP contribution is 2.18. The van der Waals surface area contributed by atoms with Gasteiger partial charge in [-0.2, -0.15) is 0 Å². The number of nitrogens with zero attached hydrogens (tertiary/aromatic N) is 1. The maximum absolute atomic E-state index is 12.0. The third kappa shape index (κ3) is 5.31. The summed E-state index contributed by atoms with van der Waals surface area (Å²) >= 11 is 0. The number of benzene rings is 1. The minimum absolute atomic E-state index is 0.0370. The first-order chi connectivity index (χ1) is 9.60. The highest BCUT2D eigenvalue weighted by atomic mass is 16.1. The van der Waals surface area contributed by atoms with Crippen molar-refractivity contribution in [3.8, 4) is 0 Å². The SMILES string of the molecule is CCN(CC)Cc1ccccc1NC(=O)CC(C)CN. The van der Waals surface area contributed by atoms with Gasteiger partial charge >= 0.3 is 0 Å². The van der Waals surface area contributed by atoms with Gasteiger partial charge in [0.2, 0.25) is 5.91 Å². The molecule has 4 heteroatoms. The first-order valence-corrected chi connectivity index (χ1v) is 7.40. The standard InChI is InChI=1S/C16H27N3O/c1-4-19(5-2)12-14-8-6-7-9-15(14)18-16(20)10-13(3)11-17/h6-9,13H,4-5,10-12,17H2,1-3H3,(H,18,20). The van der Waals surface area contributed by atoms with Gasteiger partial charge in [0.05, 0.1) is 0 Å². The summed E-state index contributed by atoms with van der Waals surface area (Å²) in [6.45, 7) is 9.68. The Bertz CT molecular complexity index is 416. The average molecular weight is 277 g/mol. The number of hydrogen-bond donors (Lipinski definition) is 2. The van der Waals surface area contributed by atoms with Crippen molar-refractivity contribution in [1.82, 2.24) is 4.90 Å². The number of anilines is 1. The molecule has 1 atom stereocenters. The van der Waals surface area contributed by atoms with E-state index in [1.807, 2.05) is 25.1 Å². The van der Waals surface area contributed by atoms with E-state index in [0.717, 1.165) is 30.9 Å². The van der Waals surface area contributed by atoms with Gasteiger partial charge in [-0.05, 0) is 37.2 Å². The van der Waals surface area contributed by atoms with Gasteiger partial charge in [0.15, 0.2) is 0 Å². The van der Waals surface area contributed by atoms with Crippen LogP contribution in [0.15, 0.2) is 24.3 Å². The van der Waals surface area contributed by atoms with Gasteiger partial charge < -0.3 is 11.1 Å². The fraction of sp³-hybridized carbons (Fsp3) is 0.562. The molecule has 20 heavy (non-hydrogen) atoms. The van der Waals surface area contributed by atoms with Crippen LogP contribution in [0.25, 0.3) is 0 Å². The molecule has 0 heterocycles. The molecule has 0 radical (unpaired) electrons. The van der Waals surface area contributed by atoms with E-state index in [1.54, 1.807) is 0 Å². The molecule has 3 N–H and O–H groups in total. The van der Waals surface area contributed by atoms with Crippen molar-refractivity contribution in [2.75, 3.05) is 25.0 Å². The topological polar surface area (TPSA) is 58.4 Å². The Balaban J connectivity index is 2.72. The second-order valence-electron chi connectivity index (χ2n) is 5.21. The van der Waals surface area contributed by atoms with Gasteiger partial charge in [0.25, 0.3) is 0 Å². The van der Waals surface area contributed by atoms with E-state index in [9.17, 15) is 4.79 Å². The zero-order valence-electron chi connectivity index (χ0n) is 12.9. The molecular weight excluding hydrogens is 250 g/mol. The monoisotopic (exact) mass is 277 g/mol. The van der Waals surface area contributed by atoms with Crippen molar-refractivity contribution in [2.45, 2.75) is 33.7 Å². The summed E-state index contributed by atoms with van der Waals surface area (Å²) < 4.78 is 0. The Morgan fingerprint density at radius 3 is 2.55 bits per heavy atom. The molecule has 0 bridgehead atoms. The lowest BCUT2D eigenvalue weighted by molar-refractivity contribution is -0.116. The lowest BCUT2D eigenvalue weighted by Crippen LogP contribution is -2.24. The second-order valence-corrected chi connectivity index (χ2v) is 5.21. The van der Waals surface area contributed by atoms with E-state index in [1.165, 1.54) is 0 Å². The maximum Gasteiger partial charge on any atom is 0.224 e. The molecule has 0 aliphatic rings. The van der Waals surface area contributed by atoms with Crippen LogP contribution in [-0.2, 0) is 11.3 Å². The quantitative estimate of drug-likeness (QED) is 0.767. The number of nitrogens with one attached hydrogen (secondary N) is 1. The number of rotatable bonds is 8. The van der Waals surface area contributed by atoms with E-state index in [0.29, 0.717) is 13.0 Å². The van der Waals surface area contributed by atoms with Crippen LogP contribution in [0.5, 0.6) is 0 Å². The van der Waals surface area contributed by atoms with Crippen molar-refractivity contribution < 1.29 is 4.79 Å². The van der Waals surface area contributed by atoms with Crippen LogP contribution in [0.4, 0.5) is 5.69 Å². The number of para-hydroxylation sites is 1. The Kier molecular flexibility index (Phi) is 7.26. The van der Waals surface area contributed by atoms with Crippen molar-refractivity contribution in [1.29, 1.82) is 0 Å². The molecular formula is C16H27N3O. The zero-order chi connectivity index (χ0) is 15.0. The summed E-state index contributed by atoms with van der Waals surface area (Å²) in [5.74, 6) is 0.250. The van der Waals surface area contributed by atoms with Crippen molar-refractivity contribution in [3.63, 3.8) is 0 Å². The van der Waals surface area contributed by atoms with Crippen LogP contribution in [-0.4, -0.2) is 30.4 Å². The average Bonchev–Trinajstić information content (AvgIpc) is 2.46. The molecule has 0 saturated carbocycles. The molecule has 0 saturated heterocycles. The third-order valence-electron chi connectivity index (χ3n) is 3.52. The molecule has 0 spiro atoms. The van der Waals surface area contributed by atoms with E-state index >= 15 is 0 Å². The van der Waals surface area contributed by atoms with Crippen molar-refractivity contribution in [2.24, 2.45) is 11.7 Å². The largest absolute Gasteiger partial charge is 0.330 e. The molecule has 1 aromatic rings.